The number of nitrogens with zero attached hydrogens (tertiary/aromatic N) is 1. The van der Waals surface area contributed by atoms with E-state index in [-0.39, 0.29) is 12.0 Å². The van der Waals surface area contributed by atoms with Crippen molar-refractivity contribution in [2.24, 2.45) is 11.8 Å². The number of carbonyl (C=O) groups is 1. The second-order valence-electron chi connectivity index (χ2n) is 7.63. The number of fused-ring (bicyclic) bond motifs is 2. The number of para-hydroxylation sites is 2. The van der Waals surface area contributed by atoms with E-state index in [1.54, 1.807) is 0 Å². The Labute approximate surface area is 149 Å². The van der Waals surface area contributed by atoms with Crippen molar-refractivity contribution in [1.29, 1.82) is 0 Å². The van der Waals surface area contributed by atoms with Gasteiger partial charge in [-0.05, 0) is 43.4 Å². The molecule has 0 radical (unpaired) electrons. The molecule has 0 bridgehead atoms. The topological polar surface area (TPSA) is 50.8 Å². The van der Waals surface area contributed by atoms with Crippen LogP contribution in [0.4, 0.5) is 0 Å². The summed E-state index contributed by atoms with van der Waals surface area (Å²) in [6.45, 7) is 3.63. The summed E-state index contributed by atoms with van der Waals surface area (Å²) in [6, 6.07) is 7.66. The summed E-state index contributed by atoms with van der Waals surface area (Å²) in [6.07, 6.45) is 6.63. The van der Waals surface area contributed by atoms with Gasteiger partial charge in [0.15, 0.2) is 11.5 Å². The highest BCUT2D eigenvalue weighted by atomic mass is 16.6. The van der Waals surface area contributed by atoms with E-state index in [4.69, 9.17) is 9.47 Å². The van der Waals surface area contributed by atoms with Gasteiger partial charge in [0.05, 0.1) is 13.1 Å². The average Bonchev–Trinajstić information content (AvgIpc) is 2.66. The van der Waals surface area contributed by atoms with Crippen molar-refractivity contribution in [2.45, 2.75) is 38.2 Å². The summed E-state index contributed by atoms with van der Waals surface area (Å²) in [4.78, 5) is 14.6. The van der Waals surface area contributed by atoms with Crippen molar-refractivity contribution in [3.8, 4) is 11.5 Å². The predicted octanol–water partition coefficient (Wildman–Crippen LogP) is 2.45. The normalized spacial score (nSPS) is 28.9. The molecular formula is C20H28N2O3. The van der Waals surface area contributed by atoms with E-state index in [0.717, 1.165) is 36.4 Å². The molecule has 5 heteroatoms. The lowest BCUT2D eigenvalue weighted by Gasteiger charge is -2.41. The van der Waals surface area contributed by atoms with Gasteiger partial charge in [-0.1, -0.05) is 31.4 Å². The van der Waals surface area contributed by atoms with Crippen LogP contribution >= 0.6 is 0 Å². The molecule has 1 aromatic rings. The summed E-state index contributed by atoms with van der Waals surface area (Å²) in [5.74, 6) is 3.34. The van der Waals surface area contributed by atoms with E-state index < -0.39 is 0 Å². The number of rotatable bonds is 4. The second-order valence-corrected chi connectivity index (χ2v) is 7.63. The van der Waals surface area contributed by atoms with Crippen LogP contribution in [0.3, 0.4) is 0 Å². The minimum Gasteiger partial charge on any atom is -0.486 e. The van der Waals surface area contributed by atoms with Gasteiger partial charge in [-0.2, -0.15) is 0 Å². The molecule has 1 saturated carbocycles. The number of hydrogen-bond donors (Lipinski definition) is 1. The molecule has 1 aromatic carbocycles. The number of amides is 1. The molecule has 2 heterocycles. The molecule has 2 fully saturated rings. The fourth-order valence-corrected chi connectivity index (χ4v) is 4.47. The van der Waals surface area contributed by atoms with Gasteiger partial charge >= 0.3 is 0 Å². The molecule has 3 aliphatic rings. The number of ether oxygens (including phenoxy) is 2. The van der Waals surface area contributed by atoms with Crippen LogP contribution in [0.25, 0.3) is 0 Å². The third kappa shape index (κ3) is 4.09. The first-order chi connectivity index (χ1) is 12.3. The van der Waals surface area contributed by atoms with Crippen LogP contribution in [0.2, 0.25) is 0 Å². The minimum absolute atomic E-state index is 0.0942. The number of carbonyl (C=O) groups excluding carboxylic acids is 1. The maximum Gasteiger partial charge on any atom is 0.234 e. The Bertz CT molecular complexity index is 606. The smallest absolute Gasteiger partial charge is 0.234 e. The SMILES string of the molecule is O=C(CN1CC[C@@H]2CCCC[C@H]2C1)NC[C@H]1COc2ccccc2O1. The zero-order valence-corrected chi connectivity index (χ0v) is 14.8. The molecule has 136 valence electrons. The Hall–Kier alpha value is -1.75. The molecule has 1 N–H and O–H groups in total. The van der Waals surface area contributed by atoms with Crippen LogP contribution < -0.4 is 14.8 Å². The molecule has 1 amide bonds. The molecule has 0 spiro atoms. The first kappa shape index (κ1) is 16.7. The highest BCUT2D eigenvalue weighted by molar-refractivity contribution is 5.78. The van der Waals surface area contributed by atoms with Crippen molar-refractivity contribution in [1.82, 2.24) is 10.2 Å². The van der Waals surface area contributed by atoms with Gasteiger partial charge in [-0.15, -0.1) is 0 Å². The van der Waals surface area contributed by atoms with Crippen LogP contribution in [-0.4, -0.2) is 49.7 Å². The van der Waals surface area contributed by atoms with E-state index >= 15 is 0 Å². The third-order valence-corrected chi connectivity index (χ3v) is 5.84. The van der Waals surface area contributed by atoms with Crippen molar-refractivity contribution in [3.05, 3.63) is 24.3 Å². The molecule has 25 heavy (non-hydrogen) atoms. The lowest BCUT2D eigenvalue weighted by atomic mass is 9.75. The van der Waals surface area contributed by atoms with Crippen molar-refractivity contribution < 1.29 is 14.3 Å². The molecule has 1 aliphatic carbocycles. The number of benzene rings is 1. The van der Waals surface area contributed by atoms with Crippen LogP contribution in [0, 0.1) is 11.8 Å². The first-order valence-corrected chi connectivity index (χ1v) is 9.65. The van der Waals surface area contributed by atoms with Crippen LogP contribution in [-0.2, 0) is 4.79 Å². The molecule has 4 rings (SSSR count). The number of likely N-dealkylation sites (tertiary alicyclic amines) is 1. The standard InChI is InChI=1S/C20H28N2O3/c23-20(13-22-10-9-15-5-1-2-6-16(15)12-22)21-11-17-14-24-18-7-3-4-8-19(18)25-17/h3-4,7-8,15-17H,1-2,5-6,9-14H2,(H,21,23)/t15-,16-,17-/m0/s1. The molecule has 0 aromatic heterocycles. The zero-order valence-electron chi connectivity index (χ0n) is 14.8. The zero-order chi connectivity index (χ0) is 17.1. The molecule has 2 aliphatic heterocycles. The third-order valence-electron chi connectivity index (χ3n) is 5.84. The van der Waals surface area contributed by atoms with Crippen molar-refractivity contribution in [2.75, 3.05) is 32.8 Å². The van der Waals surface area contributed by atoms with Crippen molar-refractivity contribution in [3.63, 3.8) is 0 Å². The van der Waals surface area contributed by atoms with Crippen LogP contribution in [0.5, 0.6) is 11.5 Å². The number of piperidine rings is 1. The Morgan fingerprint density at radius 1 is 1.12 bits per heavy atom. The number of nitrogens with one attached hydrogen (secondary N) is 1. The molecule has 5 nitrogen and oxygen atoms in total. The Morgan fingerprint density at radius 3 is 2.80 bits per heavy atom. The first-order valence-electron chi connectivity index (χ1n) is 9.65. The van der Waals surface area contributed by atoms with E-state index in [0.29, 0.717) is 19.7 Å². The van der Waals surface area contributed by atoms with Crippen LogP contribution in [0.1, 0.15) is 32.1 Å². The second kappa shape index (κ2) is 7.65. The van der Waals surface area contributed by atoms with Gasteiger partial charge in [0.25, 0.3) is 0 Å². The average molecular weight is 344 g/mol. The van der Waals surface area contributed by atoms with E-state index in [9.17, 15) is 4.79 Å². The Morgan fingerprint density at radius 2 is 1.92 bits per heavy atom. The fraction of sp³-hybridized carbons (Fsp3) is 0.650. The maximum atomic E-state index is 12.3. The summed E-state index contributed by atoms with van der Waals surface area (Å²) in [5, 5.41) is 3.02. The predicted molar refractivity (Wildman–Crippen MR) is 95.9 cm³/mol. The Balaban J connectivity index is 1.21. The van der Waals surface area contributed by atoms with E-state index in [1.807, 2.05) is 24.3 Å². The van der Waals surface area contributed by atoms with Gasteiger partial charge in [-0.3, -0.25) is 9.69 Å². The largest absolute Gasteiger partial charge is 0.486 e. The quantitative estimate of drug-likeness (QED) is 0.912. The van der Waals surface area contributed by atoms with Gasteiger partial charge in [-0.25, -0.2) is 0 Å². The lowest BCUT2D eigenvalue weighted by Crippen LogP contribution is -2.48. The van der Waals surface area contributed by atoms with Gasteiger partial charge in [0, 0.05) is 6.54 Å². The molecule has 1 saturated heterocycles. The maximum absolute atomic E-state index is 12.3. The Kier molecular flexibility index (Phi) is 5.11. The highest BCUT2D eigenvalue weighted by Gasteiger charge is 2.31. The van der Waals surface area contributed by atoms with Crippen LogP contribution in [0.15, 0.2) is 24.3 Å². The monoisotopic (exact) mass is 344 g/mol. The fourth-order valence-electron chi connectivity index (χ4n) is 4.47. The van der Waals surface area contributed by atoms with E-state index in [1.165, 1.54) is 32.1 Å². The summed E-state index contributed by atoms with van der Waals surface area (Å²) < 4.78 is 11.6. The summed E-state index contributed by atoms with van der Waals surface area (Å²) >= 11 is 0. The number of hydrogen-bond acceptors (Lipinski definition) is 4. The van der Waals surface area contributed by atoms with E-state index in [2.05, 4.69) is 10.2 Å². The van der Waals surface area contributed by atoms with Crippen molar-refractivity contribution >= 4 is 5.91 Å². The molecule has 0 unspecified atom stereocenters. The van der Waals surface area contributed by atoms with Gasteiger partial charge in [0.2, 0.25) is 5.91 Å². The lowest BCUT2D eigenvalue weighted by molar-refractivity contribution is -0.123. The summed E-state index contributed by atoms with van der Waals surface area (Å²) in [5.41, 5.74) is 0. The molecule has 3 atom stereocenters. The van der Waals surface area contributed by atoms with Gasteiger partial charge < -0.3 is 14.8 Å². The molecular weight excluding hydrogens is 316 g/mol. The minimum atomic E-state index is -0.122. The highest BCUT2D eigenvalue weighted by Crippen LogP contribution is 2.36. The summed E-state index contributed by atoms with van der Waals surface area (Å²) in [7, 11) is 0. The van der Waals surface area contributed by atoms with Gasteiger partial charge in [0.1, 0.15) is 12.7 Å².